The lowest BCUT2D eigenvalue weighted by Crippen LogP contribution is -2.27. The number of carbonyl (C=O) groups is 1. The number of carbonyl (C=O) groups excluding carboxylic acids is 1. The average molecular weight is 388 g/mol. The summed E-state index contributed by atoms with van der Waals surface area (Å²) >= 11 is 6.30. The molecule has 27 heavy (non-hydrogen) atoms. The van der Waals surface area contributed by atoms with E-state index in [4.69, 9.17) is 16.3 Å². The lowest BCUT2D eigenvalue weighted by Gasteiger charge is -2.09. The summed E-state index contributed by atoms with van der Waals surface area (Å²) in [5.74, 6) is -0.604. The van der Waals surface area contributed by atoms with Crippen molar-refractivity contribution in [3.63, 3.8) is 0 Å². The van der Waals surface area contributed by atoms with Crippen molar-refractivity contribution in [1.82, 2.24) is 15.1 Å². The van der Waals surface area contributed by atoms with Gasteiger partial charge in [0.1, 0.15) is 11.5 Å². The summed E-state index contributed by atoms with van der Waals surface area (Å²) in [5.41, 5.74) is 2.20. The summed E-state index contributed by atoms with van der Waals surface area (Å²) in [6.07, 6.45) is 0.702. The van der Waals surface area contributed by atoms with E-state index in [1.54, 1.807) is 43.5 Å². The molecule has 2 aromatic carbocycles. The first-order valence-corrected chi connectivity index (χ1v) is 8.86. The van der Waals surface area contributed by atoms with Gasteiger partial charge in [-0.1, -0.05) is 23.7 Å². The highest BCUT2D eigenvalue weighted by atomic mass is 35.5. The molecule has 0 saturated heterocycles. The van der Waals surface area contributed by atoms with Crippen LogP contribution in [0.3, 0.4) is 0 Å². The molecular weight excluding hydrogens is 369 g/mol. The Labute approximate surface area is 161 Å². The number of hydrogen-bond donors (Lipinski definition) is 1. The van der Waals surface area contributed by atoms with Crippen molar-refractivity contribution in [2.24, 2.45) is 0 Å². The minimum atomic E-state index is -0.333. The van der Waals surface area contributed by atoms with Gasteiger partial charge in [0.25, 0.3) is 5.91 Å². The number of ether oxygens (including phenoxy) is 1. The van der Waals surface area contributed by atoms with E-state index < -0.39 is 0 Å². The van der Waals surface area contributed by atoms with Gasteiger partial charge in [-0.25, -0.2) is 9.07 Å². The fraction of sp³-hybridized carbons (Fsp3) is 0.200. The lowest BCUT2D eigenvalue weighted by molar-refractivity contribution is 0.0941. The highest BCUT2D eigenvalue weighted by Crippen LogP contribution is 2.25. The summed E-state index contributed by atoms with van der Waals surface area (Å²) in [6, 6.07) is 14.8. The van der Waals surface area contributed by atoms with E-state index in [-0.39, 0.29) is 11.7 Å². The van der Waals surface area contributed by atoms with Crippen LogP contribution < -0.4 is 5.32 Å². The Morgan fingerprint density at radius 2 is 1.96 bits per heavy atom. The first-order chi connectivity index (χ1) is 13.1. The van der Waals surface area contributed by atoms with Gasteiger partial charge in [-0.2, -0.15) is 5.10 Å². The van der Waals surface area contributed by atoms with Crippen LogP contribution in [0.1, 0.15) is 16.9 Å². The number of hydrogen-bond acceptors (Lipinski definition) is 3. The smallest absolute Gasteiger partial charge is 0.270 e. The second-order valence-electron chi connectivity index (χ2n) is 5.89. The number of nitrogens with zero attached hydrogens (tertiary/aromatic N) is 2. The Morgan fingerprint density at radius 1 is 1.22 bits per heavy atom. The predicted octanol–water partition coefficient (Wildman–Crippen LogP) is 4.10. The Hall–Kier alpha value is -2.70. The van der Waals surface area contributed by atoms with Crippen LogP contribution in [0, 0.1) is 5.82 Å². The molecule has 0 bridgehead atoms. The molecule has 1 amide bonds. The number of amides is 1. The van der Waals surface area contributed by atoms with Crippen LogP contribution in [-0.2, 0) is 4.74 Å². The first kappa shape index (κ1) is 19.1. The maximum absolute atomic E-state index is 13.2. The van der Waals surface area contributed by atoms with Crippen LogP contribution in [0.25, 0.3) is 16.9 Å². The molecule has 0 unspecified atom stereocenters. The summed E-state index contributed by atoms with van der Waals surface area (Å²) in [4.78, 5) is 12.7. The first-order valence-electron chi connectivity index (χ1n) is 8.48. The van der Waals surface area contributed by atoms with Gasteiger partial charge >= 0.3 is 0 Å². The number of rotatable bonds is 7. The normalized spacial score (nSPS) is 10.8. The number of aromatic nitrogens is 2. The number of halogens is 2. The Bertz CT molecular complexity index is 925. The molecule has 3 rings (SSSR count). The number of nitrogens with one attached hydrogen (secondary N) is 1. The van der Waals surface area contributed by atoms with Crippen molar-refractivity contribution in [3.8, 4) is 16.9 Å². The summed E-state index contributed by atoms with van der Waals surface area (Å²) in [5, 5.41) is 7.86. The monoisotopic (exact) mass is 387 g/mol. The fourth-order valence-electron chi connectivity index (χ4n) is 2.62. The molecule has 1 heterocycles. The topological polar surface area (TPSA) is 56.1 Å². The van der Waals surface area contributed by atoms with Crippen LogP contribution in [0.2, 0.25) is 5.02 Å². The largest absolute Gasteiger partial charge is 0.385 e. The third kappa shape index (κ3) is 4.53. The van der Waals surface area contributed by atoms with E-state index in [1.165, 1.54) is 16.8 Å². The second kappa shape index (κ2) is 8.79. The summed E-state index contributed by atoms with van der Waals surface area (Å²) < 4.78 is 19.7. The fourth-order valence-corrected chi connectivity index (χ4v) is 2.84. The molecule has 0 aliphatic heterocycles. The molecule has 0 fully saturated rings. The van der Waals surface area contributed by atoms with Gasteiger partial charge in [0.15, 0.2) is 0 Å². The van der Waals surface area contributed by atoms with Crippen LogP contribution in [0.4, 0.5) is 4.39 Å². The average Bonchev–Trinajstić information content (AvgIpc) is 3.11. The van der Waals surface area contributed by atoms with Gasteiger partial charge in [-0.05, 0) is 48.9 Å². The van der Waals surface area contributed by atoms with Crippen molar-refractivity contribution in [2.45, 2.75) is 6.42 Å². The third-order valence-electron chi connectivity index (χ3n) is 3.97. The number of para-hydroxylation sites is 1. The predicted molar refractivity (Wildman–Crippen MR) is 103 cm³/mol. The zero-order valence-electron chi connectivity index (χ0n) is 14.8. The van der Waals surface area contributed by atoms with Gasteiger partial charge in [-0.15, -0.1) is 0 Å². The Morgan fingerprint density at radius 3 is 2.67 bits per heavy atom. The highest BCUT2D eigenvalue weighted by Gasteiger charge is 2.18. The Balaban J connectivity index is 1.98. The SMILES string of the molecule is COCCCNC(=O)c1cc(-c2ccc(F)cc2)nn1-c1ccccc1Cl. The molecular formula is C20H19ClFN3O2. The van der Waals surface area contributed by atoms with Gasteiger partial charge in [0, 0.05) is 25.8 Å². The molecule has 0 aliphatic carbocycles. The maximum Gasteiger partial charge on any atom is 0.270 e. The standard InChI is InChI=1S/C20H19ClFN3O2/c1-27-12-4-11-23-20(26)19-13-17(14-7-9-15(22)10-8-14)24-25(19)18-6-3-2-5-16(18)21/h2-3,5-10,13H,4,11-12H2,1H3,(H,23,26). The van der Waals surface area contributed by atoms with Crippen LogP contribution in [0.15, 0.2) is 54.6 Å². The molecule has 1 aromatic heterocycles. The van der Waals surface area contributed by atoms with Crippen molar-refractivity contribution < 1.29 is 13.9 Å². The molecule has 0 radical (unpaired) electrons. The number of methoxy groups -OCH3 is 1. The molecule has 0 aliphatic rings. The second-order valence-corrected chi connectivity index (χ2v) is 6.29. The van der Waals surface area contributed by atoms with E-state index in [0.717, 1.165) is 0 Å². The van der Waals surface area contributed by atoms with Crippen LogP contribution >= 0.6 is 11.6 Å². The zero-order chi connectivity index (χ0) is 19.2. The van der Waals surface area contributed by atoms with E-state index >= 15 is 0 Å². The van der Waals surface area contributed by atoms with Gasteiger partial charge in [-0.3, -0.25) is 4.79 Å². The van der Waals surface area contributed by atoms with Crippen molar-refractivity contribution in [3.05, 3.63) is 71.1 Å². The molecule has 0 saturated carbocycles. The van der Waals surface area contributed by atoms with E-state index in [0.29, 0.717) is 47.2 Å². The molecule has 140 valence electrons. The minimum absolute atomic E-state index is 0.271. The van der Waals surface area contributed by atoms with Gasteiger partial charge in [0.2, 0.25) is 0 Å². The van der Waals surface area contributed by atoms with Gasteiger partial charge < -0.3 is 10.1 Å². The molecule has 7 heteroatoms. The lowest BCUT2D eigenvalue weighted by atomic mass is 10.1. The third-order valence-corrected chi connectivity index (χ3v) is 4.29. The van der Waals surface area contributed by atoms with Crippen molar-refractivity contribution in [2.75, 3.05) is 20.3 Å². The van der Waals surface area contributed by atoms with Crippen LogP contribution in [-0.4, -0.2) is 35.9 Å². The van der Waals surface area contributed by atoms with Crippen molar-refractivity contribution >= 4 is 17.5 Å². The molecule has 1 N–H and O–H groups in total. The molecule has 0 atom stereocenters. The molecule has 0 spiro atoms. The maximum atomic E-state index is 13.2. The van der Waals surface area contributed by atoms with Crippen LogP contribution in [0.5, 0.6) is 0 Å². The highest BCUT2D eigenvalue weighted by molar-refractivity contribution is 6.32. The van der Waals surface area contributed by atoms with E-state index in [1.807, 2.05) is 6.07 Å². The zero-order valence-corrected chi connectivity index (χ0v) is 15.5. The van der Waals surface area contributed by atoms with Crippen molar-refractivity contribution in [1.29, 1.82) is 0 Å². The Kier molecular flexibility index (Phi) is 6.21. The van der Waals surface area contributed by atoms with E-state index in [9.17, 15) is 9.18 Å². The molecule has 3 aromatic rings. The summed E-state index contributed by atoms with van der Waals surface area (Å²) in [7, 11) is 1.61. The van der Waals surface area contributed by atoms with Gasteiger partial charge in [0.05, 0.1) is 16.4 Å². The number of benzene rings is 2. The van der Waals surface area contributed by atoms with E-state index in [2.05, 4.69) is 10.4 Å². The minimum Gasteiger partial charge on any atom is -0.385 e. The summed E-state index contributed by atoms with van der Waals surface area (Å²) in [6.45, 7) is 1.04. The quantitative estimate of drug-likeness (QED) is 0.621. The molecule has 5 nitrogen and oxygen atoms in total.